The van der Waals surface area contributed by atoms with E-state index in [1.165, 1.54) is 18.2 Å². The first-order valence-corrected chi connectivity index (χ1v) is 5.66. The molecule has 3 heteroatoms. The summed E-state index contributed by atoms with van der Waals surface area (Å²) in [6.07, 6.45) is 4.53. The molecule has 80 valence electrons. The van der Waals surface area contributed by atoms with E-state index in [2.05, 4.69) is 15.9 Å². The maximum Gasteiger partial charge on any atom is 0.182 e. The van der Waals surface area contributed by atoms with Gasteiger partial charge in [-0.3, -0.25) is 9.59 Å². The van der Waals surface area contributed by atoms with Gasteiger partial charge in [0.25, 0.3) is 0 Å². The van der Waals surface area contributed by atoms with Crippen molar-refractivity contribution < 1.29 is 9.59 Å². The molecule has 2 rings (SSSR count). The molecule has 0 N–H and O–H groups in total. The Kier molecular flexibility index (Phi) is 3.15. The maximum absolute atomic E-state index is 11.5. The minimum atomic E-state index is -0.121. The molecule has 1 aliphatic rings. The van der Waals surface area contributed by atoms with Crippen LogP contribution < -0.4 is 0 Å². The third kappa shape index (κ3) is 2.55. The van der Waals surface area contributed by atoms with E-state index in [9.17, 15) is 9.59 Å². The molecule has 1 aromatic carbocycles. The monoisotopic (exact) mass is 276 g/mol. The topological polar surface area (TPSA) is 34.1 Å². The summed E-state index contributed by atoms with van der Waals surface area (Å²) in [5, 5.41) is 0. The maximum atomic E-state index is 11.5. The number of allylic oxidation sites excluding steroid dienone is 4. The number of carbonyl (C=O) groups excluding carboxylic acids is 2. The average Bonchev–Trinajstić information content (AvgIpc) is 2.24. The van der Waals surface area contributed by atoms with Gasteiger partial charge in [0.05, 0.1) is 0 Å². The smallest absolute Gasteiger partial charge is 0.182 e. The van der Waals surface area contributed by atoms with Crippen LogP contribution in [-0.2, 0) is 16.0 Å². The van der Waals surface area contributed by atoms with E-state index >= 15 is 0 Å². The average molecular weight is 277 g/mol. The van der Waals surface area contributed by atoms with Crippen molar-refractivity contribution in [2.75, 3.05) is 0 Å². The summed E-state index contributed by atoms with van der Waals surface area (Å²) in [5.41, 5.74) is 1.56. The van der Waals surface area contributed by atoms with E-state index in [0.29, 0.717) is 12.0 Å². The zero-order valence-electron chi connectivity index (χ0n) is 8.44. The minimum absolute atomic E-state index is 0.0837. The Balaban J connectivity index is 2.22. The van der Waals surface area contributed by atoms with Gasteiger partial charge in [0, 0.05) is 16.5 Å². The number of rotatable bonds is 2. The molecule has 0 saturated heterocycles. The van der Waals surface area contributed by atoms with Crippen molar-refractivity contribution in [3.63, 3.8) is 0 Å². The SMILES string of the molecule is O=C1C=CC(=O)C(Cc2cccc(Br)c2)=C1. The minimum Gasteiger partial charge on any atom is -0.290 e. The molecular weight excluding hydrogens is 268 g/mol. The summed E-state index contributed by atoms with van der Waals surface area (Å²) in [5.74, 6) is -0.204. The lowest BCUT2D eigenvalue weighted by Crippen LogP contribution is -2.09. The molecule has 0 aliphatic heterocycles. The molecule has 0 spiro atoms. The predicted molar refractivity (Wildman–Crippen MR) is 65.1 cm³/mol. The number of halogens is 1. The number of hydrogen-bond donors (Lipinski definition) is 0. The van der Waals surface area contributed by atoms with Crippen molar-refractivity contribution in [1.82, 2.24) is 0 Å². The van der Waals surface area contributed by atoms with Gasteiger partial charge >= 0.3 is 0 Å². The van der Waals surface area contributed by atoms with Gasteiger partial charge in [0.15, 0.2) is 11.6 Å². The molecule has 0 radical (unpaired) electrons. The van der Waals surface area contributed by atoms with Crippen LogP contribution in [0.5, 0.6) is 0 Å². The summed E-state index contributed by atoms with van der Waals surface area (Å²) in [6.45, 7) is 0. The fourth-order valence-corrected chi connectivity index (χ4v) is 2.01. The third-order valence-electron chi connectivity index (χ3n) is 2.32. The predicted octanol–water partition coefficient (Wildman–Crippen LogP) is 2.63. The Labute approximate surface area is 102 Å². The summed E-state index contributed by atoms with van der Waals surface area (Å²) >= 11 is 3.37. The van der Waals surface area contributed by atoms with Gasteiger partial charge in [0.2, 0.25) is 0 Å². The first-order valence-electron chi connectivity index (χ1n) is 4.86. The largest absolute Gasteiger partial charge is 0.290 e. The molecule has 0 aromatic heterocycles. The molecule has 0 saturated carbocycles. The van der Waals surface area contributed by atoms with Crippen LogP contribution in [0.15, 0.2) is 52.5 Å². The molecule has 0 atom stereocenters. The normalized spacial score (nSPS) is 15.2. The Bertz CT molecular complexity index is 512. The fourth-order valence-electron chi connectivity index (χ4n) is 1.56. The Morgan fingerprint density at radius 1 is 1.12 bits per heavy atom. The summed E-state index contributed by atoms with van der Waals surface area (Å²) < 4.78 is 0.968. The Morgan fingerprint density at radius 3 is 2.69 bits per heavy atom. The summed E-state index contributed by atoms with van der Waals surface area (Å²) in [7, 11) is 0. The van der Waals surface area contributed by atoms with E-state index in [-0.39, 0.29) is 11.6 Å². The highest BCUT2D eigenvalue weighted by Gasteiger charge is 2.13. The second kappa shape index (κ2) is 4.58. The lowest BCUT2D eigenvalue weighted by molar-refractivity contribution is -0.114. The fraction of sp³-hybridized carbons (Fsp3) is 0.0769. The van der Waals surface area contributed by atoms with Crippen LogP contribution in [0.4, 0.5) is 0 Å². The molecule has 0 heterocycles. The van der Waals surface area contributed by atoms with Crippen LogP contribution >= 0.6 is 15.9 Å². The molecule has 0 amide bonds. The first kappa shape index (κ1) is 11.0. The molecule has 16 heavy (non-hydrogen) atoms. The number of ketones is 2. The van der Waals surface area contributed by atoms with Gasteiger partial charge in [0.1, 0.15) is 0 Å². The Hall–Kier alpha value is -1.48. The van der Waals surface area contributed by atoms with Gasteiger partial charge in [-0.05, 0) is 35.9 Å². The summed E-state index contributed by atoms with van der Waals surface area (Å²) in [4.78, 5) is 22.7. The third-order valence-corrected chi connectivity index (χ3v) is 2.81. The summed E-state index contributed by atoms with van der Waals surface area (Å²) in [6, 6.07) is 7.70. The van der Waals surface area contributed by atoms with Gasteiger partial charge in [-0.2, -0.15) is 0 Å². The number of hydrogen-bond acceptors (Lipinski definition) is 2. The van der Waals surface area contributed by atoms with Gasteiger partial charge < -0.3 is 0 Å². The van der Waals surface area contributed by atoms with Crippen molar-refractivity contribution in [3.05, 3.63) is 58.1 Å². The lowest BCUT2D eigenvalue weighted by Gasteiger charge is -2.07. The molecule has 0 bridgehead atoms. The standard InChI is InChI=1S/C13H9BrO2/c14-11-3-1-2-9(7-11)6-10-8-12(15)4-5-13(10)16/h1-5,7-8H,6H2. The van der Waals surface area contributed by atoms with Crippen LogP contribution in [0.25, 0.3) is 0 Å². The second-order valence-electron chi connectivity index (χ2n) is 3.58. The second-order valence-corrected chi connectivity index (χ2v) is 4.49. The molecular formula is C13H9BrO2. The number of benzene rings is 1. The highest BCUT2D eigenvalue weighted by Crippen LogP contribution is 2.17. The molecule has 0 unspecified atom stereocenters. The van der Waals surface area contributed by atoms with Crippen molar-refractivity contribution in [2.45, 2.75) is 6.42 Å². The van der Waals surface area contributed by atoms with E-state index < -0.39 is 0 Å². The van der Waals surface area contributed by atoms with Crippen LogP contribution in [0.2, 0.25) is 0 Å². The van der Waals surface area contributed by atoms with Crippen LogP contribution in [-0.4, -0.2) is 11.6 Å². The highest BCUT2D eigenvalue weighted by molar-refractivity contribution is 9.10. The van der Waals surface area contributed by atoms with Crippen LogP contribution in [0, 0.1) is 0 Å². The molecule has 2 nitrogen and oxygen atoms in total. The quantitative estimate of drug-likeness (QED) is 0.779. The van der Waals surface area contributed by atoms with Gasteiger partial charge in [-0.15, -0.1) is 0 Å². The lowest BCUT2D eigenvalue weighted by atomic mass is 9.97. The van der Waals surface area contributed by atoms with E-state index in [1.807, 2.05) is 24.3 Å². The van der Waals surface area contributed by atoms with Crippen molar-refractivity contribution in [3.8, 4) is 0 Å². The molecule has 0 fully saturated rings. The number of carbonyl (C=O) groups is 2. The van der Waals surface area contributed by atoms with Gasteiger partial charge in [-0.25, -0.2) is 0 Å². The first-order chi connectivity index (χ1) is 7.65. The highest BCUT2D eigenvalue weighted by atomic mass is 79.9. The van der Waals surface area contributed by atoms with Crippen molar-refractivity contribution >= 4 is 27.5 Å². The van der Waals surface area contributed by atoms with Crippen molar-refractivity contribution in [2.24, 2.45) is 0 Å². The van der Waals surface area contributed by atoms with Crippen LogP contribution in [0.1, 0.15) is 5.56 Å². The zero-order chi connectivity index (χ0) is 11.5. The van der Waals surface area contributed by atoms with E-state index in [4.69, 9.17) is 0 Å². The molecule has 1 aliphatic carbocycles. The van der Waals surface area contributed by atoms with Gasteiger partial charge in [-0.1, -0.05) is 28.1 Å². The van der Waals surface area contributed by atoms with E-state index in [0.717, 1.165) is 10.0 Å². The van der Waals surface area contributed by atoms with Crippen molar-refractivity contribution in [1.29, 1.82) is 0 Å². The van der Waals surface area contributed by atoms with Crippen LogP contribution in [0.3, 0.4) is 0 Å². The van der Waals surface area contributed by atoms with E-state index in [1.54, 1.807) is 0 Å². The zero-order valence-corrected chi connectivity index (χ0v) is 10.0. The Morgan fingerprint density at radius 2 is 1.94 bits per heavy atom. The molecule has 1 aromatic rings.